The van der Waals surface area contributed by atoms with Crippen LogP contribution in [0.4, 0.5) is 0 Å². The van der Waals surface area contributed by atoms with E-state index in [1.165, 1.54) is 38.5 Å². The van der Waals surface area contributed by atoms with Crippen LogP contribution in [0.1, 0.15) is 64.7 Å². The summed E-state index contributed by atoms with van der Waals surface area (Å²) >= 11 is 0. The molecule has 0 aromatic carbocycles. The van der Waals surface area contributed by atoms with Gasteiger partial charge < -0.3 is 11.1 Å². The zero-order valence-electron chi connectivity index (χ0n) is 10.5. The number of carbonyl (C=O) groups excluding carboxylic acids is 1. The number of nitrogens with two attached hydrogens (primary N) is 1. The van der Waals surface area contributed by atoms with Crippen molar-refractivity contribution in [2.24, 2.45) is 5.73 Å². The van der Waals surface area contributed by atoms with Crippen LogP contribution in [0.5, 0.6) is 0 Å². The van der Waals surface area contributed by atoms with Gasteiger partial charge in [0.25, 0.3) is 0 Å². The third-order valence-electron chi connectivity index (χ3n) is 3.19. The van der Waals surface area contributed by atoms with Gasteiger partial charge in [0.05, 0.1) is 0 Å². The summed E-state index contributed by atoms with van der Waals surface area (Å²) in [5.41, 5.74) is 5.62. The minimum Gasteiger partial charge on any atom is -0.352 e. The van der Waals surface area contributed by atoms with Crippen molar-refractivity contribution < 1.29 is 4.79 Å². The molecule has 1 fully saturated rings. The standard InChI is InChI=1S/C13H26N2O/c1-2-3-4-5-6-7-8-9-13(16)15-12-10-11(12)14/h11-12H,2-10,14H2,1H3,(H,15,16). The maximum Gasteiger partial charge on any atom is 0.220 e. The highest BCUT2D eigenvalue weighted by molar-refractivity contribution is 5.76. The minimum atomic E-state index is 0.187. The topological polar surface area (TPSA) is 55.1 Å². The number of amides is 1. The van der Waals surface area contributed by atoms with Crippen molar-refractivity contribution in [3.05, 3.63) is 0 Å². The van der Waals surface area contributed by atoms with Gasteiger partial charge in [-0.1, -0.05) is 45.4 Å². The summed E-state index contributed by atoms with van der Waals surface area (Å²) in [6, 6.07) is 0.495. The first kappa shape index (κ1) is 13.5. The van der Waals surface area contributed by atoms with E-state index in [0.29, 0.717) is 6.42 Å². The average Bonchev–Trinajstić information content (AvgIpc) is 2.93. The molecule has 1 aliphatic carbocycles. The average molecular weight is 226 g/mol. The van der Waals surface area contributed by atoms with Gasteiger partial charge in [-0.15, -0.1) is 0 Å². The lowest BCUT2D eigenvalue weighted by molar-refractivity contribution is -0.121. The zero-order valence-corrected chi connectivity index (χ0v) is 10.5. The summed E-state index contributed by atoms with van der Waals surface area (Å²) in [6.07, 6.45) is 10.4. The van der Waals surface area contributed by atoms with Crippen molar-refractivity contribution in [2.75, 3.05) is 0 Å². The Hall–Kier alpha value is -0.570. The molecule has 16 heavy (non-hydrogen) atoms. The first-order valence-corrected chi connectivity index (χ1v) is 6.79. The first-order chi connectivity index (χ1) is 7.74. The molecule has 0 aliphatic heterocycles. The van der Waals surface area contributed by atoms with Gasteiger partial charge in [-0.3, -0.25) is 4.79 Å². The van der Waals surface area contributed by atoms with E-state index in [9.17, 15) is 4.79 Å². The number of unbranched alkanes of at least 4 members (excludes halogenated alkanes) is 6. The molecule has 1 aliphatic rings. The highest BCUT2D eigenvalue weighted by Gasteiger charge is 2.34. The summed E-state index contributed by atoms with van der Waals surface area (Å²) in [7, 11) is 0. The van der Waals surface area contributed by atoms with Crippen LogP contribution in [0, 0.1) is 0 Å². The maximum atomic E-state index is 11.4. The third-order valence-corrected chi connectivity index (χ3v) is 3.19. The molecule has 3 heteroatoms. The van der Waals surface area contributed by atoms with Gasteiger partial charge in [-0.2, -0.15) is 0 Å². The molecule has 3 N–H and O–H groups in total. The van der Waals surface area contributed by atoms with E-state index in [-0.39, 0.29) is 18.0 Å². The number of rotatable bonds is 9. The fourth-order valence-electron chi connectivity index (χ4n) is 1.90. The second-order valence-corrected chi connectivity index (χ2v) is 4.94. The Bertz CT molecular complexity index is 206. The molecule has 94 valence electrons. The van der Waals surface area contributed by atoms with Crippen molar-refractivity contribution >= 4 is 5.91 Å². The Morgan fingerprint density at radius 2 is 1.75 bits per heavy atom. The van der Waals surface area contributed by atoms with Crippen LogP contribution in [0.15, 0.2) is 0 Å². The van der Waals surface area contributed by atoms with Crippen LogP contribution in [0.25, 0.3) is 0 Å². The Balaban J connectivity index is 1.81. The fraction of sp³-hybridized carbons (Fsp3) is 0.923. The van der Waals surface area contributed by atoms with Crippen LogP contribution in [0.3, 0.4) is 0 Å². The second kappa shape index (κ2) is 7.66. The Morgan fingerprint density at radius 3 is 2.31 bits per heavy atom. The lowest BCUT2D eigenvalue weighted by Crippen LogP contribution is -2.29. The van der Waals surface area contributed by atoms with E-state index >= 15 is 0 Å². The highest BCUT2D eigenvalue weighted by Crippen LogP contribution is 2.18. The summed E-state index contributed by atoms with van der Waals surface area (Å²) in [6.45, 7) is 2.23. The molecule has 1 amide bonds. The van der Waals surface area contributed by atoms with E-state index in [4.69, 9.17) is 5.73 Å². The van der Waals surface area contributed by atoms with Gasteiger partial charge in [0, 0.05) is 18.5 Å². The Labute approximate surface area is 99.2 Å². The van der Waals surface area contributed by atoms with E-state index in [0.717, 1.165) is 12.8 Å². The van der Waals surface area contributed by atoms with Crippen LogP contribution in [-0.2, 0) is 4.79 Å². The predicted octanol–water partition coefficient (Wildman–Crippen LogP) is 2.34. The molecule has 2 unspecified atom stereocenters. The Morgan fingerprint density at radius 1 is 1.19 bits per heavy atom. The monoisotopic (exact) mass is 226 g/mol. The zero-order chi connectivity index (χ0) is 11.8. The SMILES string of the molecule is CCCCCCCCCC(=O)NC1CC1N. The van der Waals surface area contributed by atoms with Crippen molar-refractivity contribution in [2.45, 2.75) is 76.8 Å². The van der Waals surface area contributed by atoms with Crippen molar-refractivity contribution in [3.8, 4) is 0 Å². The fourth-order valence-corrected chi connectivity index (χ4v) is 1.90. The van der Waals surface area contributed by atoms with E-state index in [1.54, 1.807) is 0 Å². The first-order valence-electron chi connectivity index (χ1n) is 6.79. The molecule has 0 heterocycles. The molecule has 0 bridgehead atoms. The van der Waals surface area contributed by atoms with E-state index in [1.807, 2.05) is 0 Å². The van der Waals surface area contributed by atoms with Gasteiger partial charge in [0.1, 0.15) is 0 Å². The molecule has 1 rings (SSSR count). The van der Waals surface area contributed by atoms with Gasteiger partial charge in [0.2, 0.25) is 5.91 Å². The summed E-state index contributed by atoms with van der Waals surface area (Å²) in [4.78, 5) is 11.4. The van der Waals surface area contributed by atoms with Crippen molar-refractivity contribution in [1.29, 1.82) is 0 Å². The van der Waals surface area contributed by atoms with Crippen molar-refractivity contribution in [3.63, 3.8) is 0 Å². The lowest BCUT2D eigenvalue weighted by Gasteiger charge is -2.03. The van der Waals surface area contributed by atoms with Crippen LogP contribution < -0.4 is 11.1 Å². The molecular formula is C13H26N2O. The predicted molar refractivity (Wildman–Crippen MR) is 67.1 cm³/mol. The van der Waals surface area contributed by atoms with Gasteiger partial charge in [-0.05, 0) is 12.8 Å². The molecule has 3 nitrogen and oxygen atoms in total. The lowest BCUT2D eigenvalue weighted by atomic mass is 10.1. The largest absolute Gasteiger partial charge is 0.352 e. The third kappa shape index (κ3) is 6.11. The summed E-state index contributed by atoms with van der Waals surface area (Å²) in [5.74, 6) is 0.187. The molecule has 0 radical (unpaired) electrons. The van der Waals surface area contributed by atoms with Crippen molar-refractivity contribution in [1.82, 2.24) is 5.32 Å². The molecule has 1 saturated carbocycles. The molecule has 0 aromatic heterocycles. The molecule has 0 saturated heterocycles. The van der Waals surface area contributed by atoms with Gasteiger partial charge >= 0.3 is 0 Å². The molecular weight excluding hydrogens is 200 g/mol. The van der Waals surface area contributed by atoms with Crippen LogP contribution >= 0.6 is 0 Å². The maximum absolute atomic E-state index is 11.4. The van der Waals surface area contributed by atoms with Gasteiger partial charge in [0.15, 0.2) is 0 Å². The van der Waals surface area contributed by atoms with E-state index in [2.05, 4.69) is 12.2 Å². The smallest absolute Gasteiger partial charge is 0.220 e. The van der Waals surface area contributed by atoms with Crippen LogP contribution in [0.2, 0.25) is 0 Å². The molecule has 0 spiro atoms. The summed E-state index contributed by atoms with van der Waals surface area (Å²) < 4.78 is 0. The molecule has 2 atom stereocenters. The number of nitrogens with one attached hydrogen (secondary N) is 1. The minimum absolute atomic E-state index is 0.187. The highest BCUT2D eigenvalue weighted by atomic mass is 16.1. The number of hydrogen-bond acceptors (Lipinski definition) is 2. The quantitative estimate of drug-likeness (QED) is 0.593. The Kier molecular flexibility index (Phi) is 6.46. The number of hydrogen-bond donors (Lipinski definition) is 2. The number of carbonyl (C=O) groups is 1. The second-order valence-electron chi connectivity index (χ2n) is 4.94. The normalized spacial score (nSPS) is 23.1. The summed E-state index contributed by atoms with van der Waals surface area (Å²) in [5, 5.41) is 2.95. The molecule has 0 aromatic rings. The van der Waals surface area contributed by atoms with Crippen LogP contribution in [-0.4, -0.2) is 18.0 Å². The van der Waals surface area contributed by atoms with Gasteiger partial charge in [-0.25, -0.2) is 0 Å². The van der Waals surface area contributed by atoms with E-state index < -0.39 is 0 Å².